The monoisotopic (exact) mass is 290 g/mol. The fraction of sp³-hybridized carbons (Fsp3) is 0.647. The van der Waals surface area contributed by atoms with Crippen LogP contribution in [0.4, 0.5) is 5.69 Å². The average molecular weight is 290 g/mol. The van der Waals surface area contributed by atoms with Crippen LogP contribution in [0.15, 0.2) is 30.3 Å². The van der Waals surface area contributed by atoms with Crippen LogP contribution in [0, 0.1) is 0 Å². The molecule has 0 bridgehead atoms. The largest absolute Gasteiger partial charge is 0.369 e. The van der Waals surface area contributed by atoms with Gasteiger partial charge in [0.15, 0.2) is 6.29 Å². The lowest BCUT2D eigenvalue weighted by Gasteiger charge is -2.42. The van der Waals surface area contributed by atoms with E-state index in [2.05, 4.69) is 47.1 Å². The minimum Gasteiger partial charge on any atom is -0.369 e. The van der Waals surface area contributed by atoms with Gasteiger partial charge in [0, 0.05) is 44.3 Å². The maximum Gasteiger partial charge on any atom is 0.159 e. The summed E-state index contributed by atoms with van der Waals surface area (Å²) in [5.74, 6) is 0. The lowest BCUT2D eigenvalue weighted by atomic mass is 10.1. The molecule has 0 saturated carbocycles. The van der Waals surface area contributed by atoms with Crippen LogP contribution in [0.1, 0.15) is 19.8 Å². The van der Waals surface area contributed by atoms with Crippen molar-refractivity contribution in [1.29, 1.82) is 0 Å². The molecular formula is C17H26N2O2. The Hall–Kier alpha value is -1.10. The molecule has 2 heterocycles. The SMILES string of the molecule is CC[C@H]1CN(c2ccccc2)CCN1CCC1OCCO1. The van der Waals surface area contributed by atoms with Gasteiger partial charge in [0.05, 0.1) is 13.2 Å². The van der Waals surface area contributed by atoms with Crippen LogP contribution in [-0.2, 0) is 9.47 Å². The van der Waals surface area contributed by atoms with Crippen molar-refractivity contribution in [2.45, 2.75) is 32.1 Å². The van der Waals surface area contributed by atoms with Gasteiger partial charge in [-0.15, -0.1) is 0 Å². The van der Waals surface area contributed by atoms with E-state index in [1.165, 1.54) is 12.1 Å². The third-order valence-corrected chi connectivity index (χ3v) is 4.54. The summed E-state index contributed by atoms with van der Waals surface area (Å²) >= 11 is 0. The number of hydrogen-bond donors (Lipinski definition) is 0. The maximum absolute atomic E-state index is 5.54. The number of hydrogen-bond acceptors (Lipinski definition) is 4. The van der Waals surface area contributed by atoms with Gasteiger partial charge in [0.1, 0.15) is 0 Å². The Kier molecular flexibility index (Phi) is 5.12. The molecule has 1 aromatic carbocycles. The van der Waals surface area contributed by atoms with E-state index in [0.29, 0.717) is 6.04 Å². The predicted octanol–water partition coefficient (Wildman–Crippen LogP) is 2.35. The van der Waals surface area contributed by atoms with Gasteiger partial charge >= 0.3 is 0 Å². The van der Waals surface area contributed by atoms with Crippen molar-refractivity contribution in [3.8, 4) is 0 Å². The number of nitrogens with zero attached hydrogens (tertiary/aromatic N) is 2. The van der Waals surface area contributed by atoms with Gasteiger partial charge < -0.3 is 14.4 Å². The van der Waals surface area contributed by atoms with Crippen molar-refractivity contribution >= 4 is 5.69 Å². The second-order valence-electron chi connectivity index (χ2n) is 5.84. The summed E-state index contributed by atoms with van der Waals surface area (Å²) in [6.45, 7) is 8.22. The van der Waals surface area contributed by atoms with Crippen LogP contribution < -0.4 is 4.90 Å². The van der Waals surface area contributed by atoms with Crippen molar-refractivity contribution in [1.82, 2.24) is 4.90 Å². The Morgan fingerprint density at radius 1 is 1.10 bits per heavy atom. The summed E-state index contributed by atoms with van der Waals surface area (Å²) in [6, 6.07) is 11.4. The molecule has 0 amide bonds. The highest BCUT2D eigenvalue weighted by atomic mass is 16.7. The number of anilines is 1. The Morgan fingerprint density at radius 2 is 1.86 bits per heavy atom. The van der Waals surface area contributed by atoms with Crippen LogP contribution >= 0.6 is 0 Å². The van der Waals surface area contributed by atoms with E-state index in [1.807, 2.05) is 0 Å². The molecule has 2 saturated heterocycles. The zero-order valence-corrected chi connectivity index (χ0v) is 12.9. The van der Waals surface area contributed by atoms with Gasteiger partial charge in [-0.1, -0.05) is 25.1 Å². The van der Waals surface area contributed by atoms with Crippen molar-refractivity contribution in [2.24, 2.45) is 0 Å². The maximum atomic E-state index is 5.54. The molecule has 1 aromatic rings. The van der Waals surface area contributed by atoms with E-state index in [0.717, 1.165) is 45.8 Å². The normalized spacial score (nSPS) is 24.6. The Bertz CT molecular complexity index is 420. The Morgan fingerprint density at radius 3 is 2.57 bits per heavy atom. The van der Waals surface area contributed by atoms with E-state index in [-0.39, 0.29) is 6.29 Å². The third kappa shape index (κ3) is 3.76. The van der Waals surface area contributed by atoms with Crippen molar-refractivity contribution in [3.05, 3.63) is 30.3 Å². The molecular weight excluding hydrogens is 264 g/mol. The Balaban J connectivity index is 1.53. The second-order valence-corrected chi connectivity index (χ2v) is 5.84. The van der Waals surface area contributed by atoms with E-state index >= 15 is 0 Å². The summed E-state index contributed by atoms with van der Waals surface area (Å²) in [7, 11) is 0. The lowest BCUT2D eigenvalue weighted by molar-refractivity contribution is -0.0539. The molecule has 0 aromatic heterocycles. The first-order valence-corrected chi connectivity index (χ1v) is 8.14. The smallest absolute Gasteiger partial charge is 0.159 e. The molecule has 2 fully saturated rings. The highest BCUT2D eigenvalue weighted by Gasteiger charge is 2.27. The number of para-hydroxylation sites is 1. The molecule has 0 N–H and O–H groups in total. The molecule has 2 aliphatic heterocycles. The van der Waals surface area contributed by atoms with Crippen LogP contribution in [0.5, 0.6) is 0 Å². The average Bonchev–Trinajstić information content (AvgIpc) is 3.07. The minimum absolute atomic E-state index is 0.0228. The highest BCUT2D eigenvalue weighted by Crippen LogP contribution is 2.21. The Labute approximate surface area is 127 Å². The number of ether oxygens (including phenoxy) is 2. The van der Waals surface area contributed by atoms with Crippen molar-refractivity contribution in [3.63, 3.8) is 0 Å². The molecule has 0 unspecified atom stereocenters. The first kappa shape index (κ1) is 14.8. The topological polar surface area (TPSA) is 24.9 Å². The van der Waals surface area contributed by atoms with Gasteiger partial charge in [-0.05, 0) is 18.6 Å². The predicted molar refractivity (Wildman–Crippen MR) is 84.6 cm³/mol. The van der Waals surface area contributed by atoms with Gasteiger partial charge in [-0.2, -0.15) is 0 Å². The first-order chi connectivity index (χ1) is 10.4. The number of benzene rings is 1. The number of piperazine rings is 1. The van der Waals surface area contributed by atoms with Crippen molar-refractivity contribution < 1.29 is 9.47 Å². The van der Waals surface area contributed by atoms with Crippen LogP contribution in [0.3, 0.4) is 0 Å². The standard InChI is InChI=1S/C17H26N2O2/c1-2-15-14-19(16-6-4-3-5-7-16)11-10-18(15)9-8-17-20-12-13-21-17/h3-7,15,17H,2,8-14H2,1H3/t15-/m0/s1. The molecule has 0 spiro atoms. The van der Waals surface area contributed by atoms with Gasteiger partial charge in [0.2, 0.25) is 0 Å². The van der Waals surface area contributed by atoms with Gasteiger partial charge in [-0.25, -0.2) is 0 Å². The van der Waals surface area contributed by atoms with Crippen molar-refractivity contribution in [2.75, 3.05) is 44.3 Å². The molecule has 4 heteroatoms. The number of rotatable bonds is 5. The van der Waals surface area contributed by atoms with Crippen LogP contribution in [-0.4, -0.2) is 56.6 Å². The van der Waals surface area contributed by atoms with E-state index in [9.17, 15) is 0 Å². The van der Waals surface area contributed by atoms with Gasteiger partial charge in [0.25, 0.3) is 0 Å². The molecule has 0 radical (unpaired) electrons. The van der Waals surface area contributed by atoms with E-state index in [1.54, 1.807) is 0 Å². The fourth-order valence-corrected chi connectivity index (χ4v) is 3.29. The third-order valence-electron chi connectivity index (χ3n) is 4.54. The van der Waals surface area contributed by atoms with E-state index in [4.69, 9.17) is 9.47 Å². The molecule has 1 atom stereocenters. The van der Waals surface area contributed by atoms with E-state index < -0.39 is 0 Å². The van der Waals surface area contributed by atoms with Crippen LogP contribution in [0.2, 0.25) is 0 Å². The fourth-order valence-electron chi connectivity index (χ4n) is 3.29. The zero-order valence-electron chi connectivity index (χ0n) is 12.9. The summed E-state index contributed by atoms with van der Waals surface area (Å²) in [6.07, 6.45) is 2.20. The second kappa shape index (κ2) is 7.25. The molecule has 21 heavy (non-hydrogen) atoms. The summed E-state index contributed by atoms with van der Waals surface area (Å²) in [5.41, 5.74) is 1.35. The molecule has 116 valence electrons. The summed E-state index contributed by atoms with van der Waals surface area (Å²) < 4.78 is 11.1. The highest BCUT2D eigenvalue weighted by molar-refractivity contribution is 5.46. The van der Waals surface area contributed by atoms with Gasteiger partial charge in [-0.3, -0.25) is 4.90 Å². The molecule has 3 rings (SSSR count). The summed E-state index contributed by atoms with van der Waals surface area (Å²) in [5, 5.41) is 0. The zero-order chi connectivity index (χ0) is 14.5. The molecule has 2 aliphatic rings. The lowest BCUT2D eigenvalue weighted by Crippen LogP contribution is -2.53. The van der Waals surface area contributed by atoms with Crippen LogP contribution in [0.25, 0.3) is 0 Å². The summed E-state index contributed by atoms with van der Waals surface area (Å²) in [4.78, 5) is 5.11. The quantitative estimate of drug-likeness (QED) is 0.831. The molecule has 4 nitrogen and oxygen atoms in total. The first-order valence-electron chi connectivity index (χ1n) is 8.14. The minimum atomic E-state index is 0.0228. The molecule has 0 aliphatic carbocycles.